The van der Waals surface area contributed by atoms with Crippen LogP contribution in [0.15, 0.2) is 109 Å². The fourth-order valence-corrected chi connectivity index (χ4v) is 8.23. The van der Waals surface area contributed by atoms with Crippen molar-refractivity contribution >= 4 is 38.6 Å². The van der Waals surface area contributed by atoms with Crippen molar-refractivity contribution in [2.45, 2.75) is 105 Å². The summed E-state index contributed by atoms with van der Waals surface area (Å²) < 4.78 is 2.62. The number of nitrogens with zero attached hydrogens (tertiary/aromatic N) is 2. The molecule has 0 N–H and O–H groups in total. The summed E-state index contributed by atoms with van der Waals surface area (Å²) in [6.45, 7) is 18.7. The Morgan fingerprint density at radius 1 is 0.714 bits per heavy atom. The Bertz CT molecular complexity index is 1880. The Morgan fingerprint density at radius 2 is 1.37 bits per heavy atom. The third kappa shape index (κ3) is 7.32. The summed E-state index contributed by atoms with van der Waals surface area (Å²) in [6, 6.07) is 27.1. The second-order valence-electron chi connectivity index (χ2n) is 15.2. The molecule has 0 aromatic heterocycles. The van der Waals surface area contributed by atoms with Gasteiger partial charge in [0.1, 0.15) is 6.54 Å². The van der Waals surface area contributed by atoms with E-state index in [2.05, 4.69) is 161 Å². The van der Waals surface area contributed by atoms with Crippen LogP contribution < -0.4 is 17.3 Å². The minimum Gasteiger partial charge on any atom is -1.00 e. The molecular formula is C46H59ClN2. The lowest BCUT2D eigenvalue weighted by molar-refractivity contribution is -0.438. The lowest BCUT2D eigenvalue weighted by Crippen LogP contribution is -3.00. The zero-order valence-electron chi connectivity index (χ0n) is 30.3. The van der Waals surface area contributed by atoms with Crippen LogP contribution in [0, 0.1) is 5.92 Å². The van der Waals surface area contributed by atoms with Crippen molar-refractivity contribution in [1.29, 1.82) is 0 Å². The van der Waals surface area contributed by atoms with Gasteiger partial charge in [-0.1, -0.05) is 134 Å². The van der Waals surface area contributed by atoms with Gasteiger partial charge in [0, 0.05) is 47.5 Å². The van der Waals surface area contributed by atoms with Crippen LogP contribution in [0.4, 0.5) is 11.4 Å². The zero-order chi connectivity index (χ0) is 33.2. The highest BCUT2D eigenvalue weighted by molar-refractivity contribution is 6.07. The Hall–Kier alpha value is -3.62. The molecule has 6 rings (SSSR count). The molecule has 2 aliphatic rings. The number of benzene rings is 4. The van der Waals surface area contributed by atoms with Crippen LogP contribution in [0.3, 0.4) is 0 Å². The van der Waals surface area contributed by atoms with Crippen molar-refractivity contribution in [3.8, 4) is 0 Å². The van der Waals surface area contributed by atoms with Gasteiger partial charge in [-0.05, 0) is 77.9 Å². The van der Waals surface area contributed by atoms with Crippen molar-refractivity contribution < 1.29 is 17.0 Å². The van der Waals surface area contributed by atoms with E-state index in [9.17, 15) is 0 Å². The number of hydrogen-bond acceptors (Lipinski definition) is 1. The van der Waals surface area contributed by atoms with Gasteiger partial charge in [-0.15, -0.1) is 0 Å². The molecule has 2 nitrogen and oxygen atoms in total. The molecule has 0 bridgehead atoms. The van der Waals surface area contributed by atoms with Crippen LogP contribution in [0.2, 0.25) is 0 Å². The van der Waals surface area contributed by atoms with Gasteiger partial charge in [-0.2, -0.15) is 4.58 Å². The molecule has 0 amide bonds. The first-order valence-electron chi connectivity index (χ1n) is 18.2. The lowest BCUT2D eigenvalue weighted by Gasteiger charge is -2.27. The van der Waals surface area contributed by atoms with E-state index in [0.717, 1.165) is 19.0 Å². The zero-order valence-corrected chi connectivity index (χ0v) is 31.1. The molecule has 0 fully saturated rings. The van der Waals surface area contributed by atoms with Crippen molar-refractivity contribution in [2.24, 2.45) is 5.92 Å². The van der Waals surface area contributed by atoms with Gasteiger partial charge in [-0.3, -0.25) is 0 Å². The standard InChI is InChI=1S/C45H55N2.CH4.ClH/c1-8-9-31-46-38-29-27-34-21-15-17-23-36(34)42(38)44(4,5)40(46)25-13-10-14-26-41-45(6,7)43-37-24-18-16-22-35(37)28-30-39(43)47(41)32-19-11-12-20-33(2)3;;/h10,13-18,21-30,33H,8-9,11-12,19-20,31-32H2,1-7H3;1H4;1H/q+1;;/p-1. The molecule has 0 radical (unpaired) electrons. The van der Waals surface area contributed by atoms with Crippen LogP contribution in [-0.4, -0.2) is 23.4 Å². The van der Waals surface area contributed by atoms with Crippen molar-refractivity contribution in [3.63, 3.8) is 0 Å². The monoisotopic (exact) mass is 674 g/mol. The van der Waals surface area contributed by atoms with Crippen LogP contribution >= 0.6 is 0 Å². The van der Waals surface area contributed by atoms with E-state index >= 15 is 0 Å². The Kier molecular flexibility index (Phi) is 12.4. The van der Waals surface area contributed by atoms with E-state index in [1.54, 1.807) is 0 Å². The Labute approximate surface area is 303 Å². The molecule has 3 heteroatoms. The predicted octanol–water partition coefficient (Wildman–Crippen LogP) is 9.82. The van der Waals surface area contributed by atoms with Gasteiger partial charge in [0.05, 0.1) is 5.41 Å². The first kappa shape index (κ1) is 38.2. The molecule has 2 aliphatic heterocycles. The highest BCUT2D eigenvalue weighted by atomic mass is 35.5. The maximum absolute atomic E-state index is 2.62. The topological polar surface area (TPSA) is 6.25 Å². The maximum atomic E-state index is 2.62. The van der Waals surface area contributed by atoms with Crippen LogP contribution in [-0.2, 0) is 10.8 Å². The number of fused-ring (bicyclic) bond motifs is 6. The molecule has 4 aromatic rings. The van der Waals surface area contributed by atoms with E-state index in [4.69, 9.17) is 0 Å². The van der Waals surface area contributed by atoms with Gasteiger partial charge in [0.25, 0.3) is 0 Å². The van der Waals surface area contributed by atoms with E-state index in [1.165, 1.54) is 94.0 Å². The summed E-state index contributed by atoms with van der Waals surface area (Å²) in [5.74, 6) is 0.779. The number of hydrogen-bond donors (Lipinski definition) is 0. The van der Waals surface area contributed by atoms with Crippen LogP contribution in [0.5, 0.6) is 0 Å². The van der Waals surface area contributed by atoms with Gasteiger partial charge >= 0.3 is 0 Å². The van der Waals surface area contributed by atoms with Gasteiger partial charge in [0.2, 0.25) is 5.69 Å². The number of rotatable bonds is 12. The molecule has 0 saturated carbocycles. The van der Waals surface area contributed by atoms with E-state index in [0.29, 0.717) is 0 Å². The molecule has 2 heterocycles. The number of halogens is 1. The maximum Gasteiger partial charge on any atom is 0.210 e. The fraction of sp³-hybridized carbons (Fsp3) is 0.413. The minimum absolute atomic E-state index is 0. The van der Waals surface area contributed by atoms with Crippen molar-refractivity contribution in [1.82, 2.24) is 0 Å². The summed E-state index contributed by atoms with van der Waals surface area (Å²) in [5, 5.41) is 5.41. The summed E-state index contributed by atoms with van der Waals surface area (Å²) in [4.78, 5) is 2.58. The molecular weight excluding hydrogens is 616 g/mol. The normalized spacial score (nSPS) is 17.1. The third-order valence-corrected chi connectivity index (χ3v) is 10.6. The van der Waals surface area contributed by atoms with Crippen LogP contribution in [0.1, 0.15) is 106 Å². The molecule has 0 saturated heterocycles. The van der Waals surface area contributed by atoms with Crippen molar-refractivity contribution in [2.75, 3.05) is 18.0 Å². The Balaban J connectivity index is 0.00000270. The largest absolute Gasteiger partial charge is 1.00 e. The highest BCUT2D eigenvalue weighted by Crippen LogP contribution is 2.51. The van der Waals surface area contributed by atoms with Gasteiger partial charge < -0.3 is 17.3 Å². The van der Waals surface area contributed by atoms with Crippen molar-refractivity contribution in [3.05, 3.63) is 120 Å². The average molecular weight is 675 g/mol. The SMILES string of the molecule is C.CCCCN1\C(=C/C=C/C=C/C2=[N+](CCCCCC(C)C)c3ccc4ccccc4c3C2(C)C)C(C)(C)c2c1ccc1ccccc21.[Cl-]. The quantitative estimate of drug-likeness (QED) is 0.0824. The van der Waals surface area contributed by atoms with Gasteiger partial charge in [0.15, 0.2) is 5.71 Å². The predicted molar refractivity (Wildman–Crippen MR) is 212 cm³/mol. The fourth-order valence-electron chi connectivity index (χ4n) is 8.23. The summed E-state index contributed by atoms with van der Waals surface area (Å²) in [6.07, 6.45) is 19.0. The lowest BCUT2D eigenvalue weighted by atomic mass is 9.79. The molecule has 0 aliphatic carbocycles. The van der Waals surface area contributed by atoms with Crippen LogP contribution in [0.25, 0.3) is 21.5 Å². The molecule has 0 atom stereocenters. The summed E-state index contributed by atoms with van der Waals surface area (Å²) in [7, 11) is 0. The molecule has 49 heavy (non-hydrogen) atoms. The number of unbranched alkanes of at least 4 members (excludes halogenated alkanes) is 3. The second-order valence-corrected chi connectivity index (χ2v) is 15.2. The summed E-state index contributed by atoms with van der Waals surface area (Å²) >= 11 is 0. The summed E-state index contributed by atoms with van der Waals surface area (Å²) in [5.41, 5.74) is 8.31. The number of allylic oxidation sites excluding steroid dienone is 6. The first-order chi connectivity index (χ1) is 22.7. The average Bonchev–Trinajstić information content (AvgIpc) is 3.41. The highest BCUT2D eigenvalue weighted by Gasteiger charge is 2.45. The number of anilines is 1. The molecule has 260 valence electrons. The van der Waals surface area contributed by atoms with Gasteiger partial charge in [-0.25, -0.2) is 0 Å². The minimum atomic E-state index is -0.0793. The smallest absolute Gasteiger partial charge is 0.210 e. The third-order valence-electron chi connectivity index (χ3n) is 10.6. The molecule has 4 aromatic carbocycles. The molecule has 0 spiro atoms. The van der Waals surface area contributed by atoms with E-state index in [1.807, 2.05) is 0 Å². The first-order valence-corrected chi connectivity index (χ1v) is 18.2. The Morgan fingerprint density at radius 3 is 2.04 bits per heavy atom. The molecule has 0 unspecified atom stereocenters. The van der Waals surface area contributed by atoms with E-state index in [-0.39, 0.29) is 30.7 Å². The van der Waals surface area contributed by atoms with E-state index < -0.39 is 0 Å². The second kappa shape index (κ2) is 15.9.